The molecule has 0 unspecified atom stereocenters. The Kier molecular flexibility index (Phi) is 11.4. The first-order valence-electron chi connectivity index (χ1n) is 12.3. The van der Waals surface area contributed by atoms with Gasteiger partial charge in [-0.25, -0.2) is 4.79 Å². The standard InChI is InChI=1S/C25H42O4/c1-3-5-7-9-10-11-13-15-16-20-18-22-23(26)19-21(17-14-12-8-6-4-2)28-24(22)25(27)29-20/h20-21H,3-19H2,1-2H3/t20-,21+/m1/s1. The summed E-state index contributed by atoms with van der Waals surface area (Å²) in [6.07, 6.45) is 18.4. The highest BCUT2D eigenvalue weighted by Gasteiger charge is 2.38. The van der Waals surface area contributed by atoms with Crippen molar-refractivity contribution >= 4 is 11.8 Å². The number of hydrogen-bond donors (Lipinski definition) is 0. The highest BCUT2D eigenvalue weighted by atomic mass is 16.6. The van der Waals surface area contributed by atoms with Gasteiger partial charge in [0.1, 0.15) is 12.2 Å². The van der Waals surface area contributed by atoms with Crippen molar-refractivity contribution in [2.75, 3.05) is 0 Å². The van der Waals surface area contributed by atoms with Crippen molar-refractivity contribution in [2.45, 2.75) is 135 Å². The number of ether oxygens (including phenoxy) is 2. The van der Waals surface area contributed by atoms with E-state index in [2.05, 4.69) is 13.8 Å². The van der Waals surface area contributed by atoms with Crippen molar-refractivity contribution in [3.05, 3.63) is 11.3 Å². The zero-order valence-corrected chi connectivity index (χ0v) is 18.8. The fourth-order valence-electron chi connectivity index (χ4n) is 4.39. The maximum Gasteiger partial charge on any atom is 0.374 e. The van der Waals surface area contributed by atoms with Gasteiger partial charge in [-0.3, -0.25) is 4.79 Å². The van der Waals surface area contributed by atoms with Crippen LogP contribution in [0.2, 0.25) is 0 Å². The monoisotopic (exact) mass is 406 g/mol. The predicted octanol–water partition coefficient (Wildman–Crippen LogP) is 6.81. The van der Waals surface area contributed by atoms with E-state index in [1.165, 1.54) is 70.6 Å². The third-order valence-corrected chi connectivity index (χ3v) is 6.21. The van der Waals surface area contributed by atoms with Gasteiger partial charge in [-0.05, 0) is 25.7 Å². The lowest BCUT2D eigenvalue weighted by molar-refractivity contribution is -0.155. The van der Waals surface area contributed by atoms with Gasteiger partial charge >= 0.3 is 5.97 Å². The number of carbonyl (C=O) groups excluding carboxylic acids is 2. The minimum absolute atomic E-state index is 0.0994. The van der Waals surface area contributed by atoms with E-state index in [9.17, 15) is 9.59 Å². The zero-order valence-electron chi connectivity index (χ0n) is 18.8. The molecule has 0 aliphatic carbocycles. The molecule has 2 aliphatic rings. The molecule has 0 fully saturated rings. The lowest BCUT2D eigenvalue weighted by atomic mass is 9.90. The summed E-state index contributed by atoms with van der Waals surface area (Å²) in [5, 5.41) is 0. The fraction of sp³-hybridized carbons (Fsp3) is 0.840. The van der Waals surface area contributed by atoms with Gasteiger partial charge in [0.2, 0.25) is 5.76 Å². The maximum atomic E-state index is 12.6. The minimum Gasteiger partial charge on any atom is -0.482 e. The van der Waals surface area contributed by atoms with Crippen LogP contribution in [0.25, 0.3) is 0 Å². The third-order valence-electron chi connectivity index (χ3n) is 6.21. The largest absolute Gasteiger partial charge is 0.482 e. The van der Waals surface area contributed by atoms with E-state index in [4.69, 9.17) is 9.47 Å². The molecular weight excluding hydrogens is 364 g/mol. The average molecular weight is 407 g/mol. The molecule has 0 aromatic rings. The number of carbonyl (C=O) groups is 2. The molecule has 0 aromatic heterocycles. The number of hydrogen-bond acceptors (Lipinski definition) is 4. The van der Waals surface area contributed by atoms with Gasteiger partial charge < -0.3 is 9.47 Å². The normalized spacial score (nSPS) is 21.7. The summed E-state index contributed by atoms with van der Waals surface area (Å²) in [6.45, 7) is 4.44. The summed E-state index contributed by atoms with van der Waals surface area (Å²) in [5.41, 5.74) is 0.591. The molecule has 0 bridgehead atoms. The molecule has 2 aliphatic heterocycles. The highest BCUT2D eigenvalue weighted by Crippen LogP contribution is 2.33. The molecule has 0 saturated heterocycles. The first kappa shape index (κ1) is 24.0. The number of Topliss-reactive ketones (excluding diaryl/α,β-unsaturated/α-hetero) is 1. The van der Waals surface area contributed by atoms with E-state index >= 15 is 0 Å². The van der Waals surface area contributed by atoms with Crippen molar-refractivity contribution in [1.29, 1.82) is 0 Å². The first-order chi connectivity index (χ1) is 14.2. The van der Waals surface area contributed by atoms with Crippen molar-refractivity contribution < 1.29 is 19.1 Å². The number of cyclic esters (lactones) is 1. The van der Waals surface area contributed by atoms with Gasteiger partial charge in [-0.15, -0.1) is 0 Å². The maximum absolute atomic E-state index is 12.6. The predicted molar refractivity (Wildman–Crippen MR) is 117 cm³/mol. The molecular formula is C25H42O4. The van der Waals surface area contributed by atoms with Crippen LogP contribution in [0.15, 0.2) is 11.3 Å². The van der Waals surface area contributed by atoms with E-state index in [-0.39, 0.29) is 23.8 Å². The van der Waals surface area contributed by atoms with Crippen molar-refractivity contribution in [1.82, 2.24) is 0 Å². The Labute approximate surface area is 177 Å². The summed E-state index contributed by atoms with van der Waals surface area (Å²) in [6, 6.07) is 0. The number of unbranched alkanes of at least 4 members (excludes halogenated alkanes) is 11. The van der Waals surface area contributed by atoms with Crippen LogP contribution in [0.3, 0.4) is 0 Å². The molecule has 166 valence electrons. The van der Waals surface area contributed by atoms with E-state index < -0.39 is 5.97 Å². The van der Waals surface area contributed by atoms with E-state index in [1.54, 1.807) is 0 Å². The van der Waals surface area contributed by atoms with Gasteiger partial charge in [0.25, 0.3) is 0 Å². The van der Waals surface area contributed by atoms with Gasteiger partial charge in [0, 0.05) is 18.4 Å². The van der Waals surface area contributed by atoms with Crippen LogP contribution < -0.4 is 0 Å². The molecule has 0 amide bonds. The van der Waals surface area contributed by atoms with Crippen LogP contribution in [-0.2, 0) is 19.1 Å². The molecule has 2 atom stereocenters. The summed E-state index contributed by atoms with van der Waals surface area (Å²) in [5.74, 6) is -0.103. The molecule has 29 heavy (non-hydrogen) atoms. The first-order valence-corrected chi connectivity index (χ1v) is 12.3. The van der Waals surface area contributed by atoms with Crippen LogP contribution in [0.1, 0.15) is 123 Å². The fourth-order valence-corrected chi connectivity index (χ4v) is 4.39. The lowest BCUT2D eigenvalue weighted by Crippen LogP contribution is -2.36. The molecule has 0 spiro atoms. The Bertz CT molecular complexity index is 537. The molecule has 0 saturated carbocycles. The molecule has 4 nitrogen and oxygen atoms in total. The third kappa shape index (κ3) is 8.52. The van der Waals surface area contributed by atoms with Gasteiger partial charge in [-0.1, -0.05) is 84.5 Å². The zero-order chi connectivity index (χ0) is 20.9. The Morgan fingerprint density at radius 1 is 0.655 bits per heavy atom. The second-order valence-corrected chi connectivity index (χ2v) is 8.87. The second kappa shape index (κ2) is 13.8. The topological polar surface area (TPSA) is 52.6 Å². The Morgan fingerprint density at radius 2 is 1.14 bits per heavy atom. The van der Waals surface area contributed by atoms with Crippen molar-refractivity contribution in [3.8, 4) is 0 Å². The van der Waals surface area contributed by atoms with Crippen molar-refractivity contribution in [2.24, 2.45) is 0 Å². The average Bonchev–Trinajstić information content (AvgIpc) is 2.71. The summed E-state index contributed by atoms with van der Waals surface area (Å²) in [7, 11) is 0. The molecule has 2 rings (SSSR count). The van der Waals surface area contributed by atoms with E-state index in [1.807, 2.05) is 0 Å². The van der Waals surface area contributed by atoms with Crippen molar-refractivity contribution in [3.63, 3.8) is 0 Å². The second-order valence-electron chi connectivity index (χ2n) is 8.87. The van der Waals surface area contributed by atoms with Crippen LogP contribution in [0.4, 0.5) is 0 Å². The van der Waals surface area contributed by atoms with E-state index in [0.29, 0.717) is 18.4 Å². The Balaban J connectivity index is 1.69. The summed E-state index contributed by atoms with van der Waals surface area (Å²) < 4.78 is 11.5. The quantitative estimate of drug-likeness (QED) is 0.221. The highest BCUT2D eigenvalue weighted by molar-refractivity contribution is 6.04. The Hall–Kier alpha value is -1.32. The van der Waals surface area contributed by atoms with Gasteiger partial charge in [0.15, 0.2) is 5.78 Å². The summed E-state index contributed by atoms with van der Waals surface area (Å²) in [4.78, 5) is 25.0. The molecule has 0 N–H and O–H groups in total. The smallest absolute Gasteiger partial charge is 0.374 e. The van der Waals surface area contributed by atoms with Gasteiger partial charge in [-0.2, -0.15) is 0 Å². The number of ketones is 1. The molecule has 4 heteroatoms. The molecule has 0 radical (unpaired) electrons. The van der Waals surface area contributed by atoms with Crippen LogP contribution in [0.5, 0.6) is 0 Å². The van der Waals surface area contributed by atoms with Crippen LogP contribution in [-0.4, -0.2) is 24.0 Å². The lowest BCUT2D eigenvalue weighted by Gasteiger charge is -2.32. The Morgan fingerprint density at radius 3 is 1.69 bits per heavy atom. The van der Waals surface area contributed by atoms with E-state index in [0.717, 1.165) is 25.7 Å². The summed E-state index contributed by atoms with van der Waals surface area (Å²) >= 11 is 0. The number of rotatable bonds is 15. The molecule has 2 heterocycles. The minimum atomic E-state index is -0.417. The van der Waals surface area contributed by atoms with Crippen LogP contribution >= 0.6 is 0 Å². The molecule has 0 aromatic carbocycles. The van der Waals surface area contributed by atoms with Gasteiger partial charge in [0.05, 0.1) is 0 Å². The number of esters is 1. The SMILES string of the molecule is CCCCCCCCCC[C@@H]1CC2=C(O[C@@H](CCCCCCC)CC2=O)C(=O)O1. The van der Waals surface area contributed by atoms with Crippen LogP contribution in [0, 0.1) is 0 Å².